The summed E-state index contributed by atoms with van der Waals surface area (Å²) in [4.78, 5) is 4.04. The van der Waals surface area contributed by atoms with Gasteiger partial charge in [0.15, 0.2) is 0 Å². The van der Waals surface area contributed by atoms with Gasteiger partial charge in [-0.15, -0.1) is 0 Å². The van der Waals surface area contributed by atoms with Crippen molar-refractivity contribution < 1.29 is 4.74 Å². The fourth-order valence-electron chi connectivity index (χ4n) is 1.73. The Morgan fingerprint density at radius 2 is 2.33 bits per heavy atom. The number of thioether (sulfide) groups is 1. The number of ether oxygens (including phenoxy) is 1. The number of imidazole rings is 1. The minimum Gasteiger partial charge on any atom is -0.380 e. The SMILES string of the molecule is CCC(OC)C(CCn1ccnc1)SC. The van der Waals surface area contributed by atoms with Gasteiger partial charge in [0, 0.05) is 31.3 Å². The molecular formula is C11H20N2OS. The van der Waals surface area contributed by atoms with Gasteiger partial charge in [0.1, 0.15) is 0 Å². The lowest BCUT2D eigenvalue weighted by Crippen LogP contribution is -2.25. The van der Waals surface area contributed by atoms with E-state index in [-0.39, 0.29) is 0 Å². The molecule has 0 radical (unpaired) electrons. The van der Waals surface area contributed by atoms with E-state index in [2.05, 4.69) is 22.7 Å². The Labute approximate surface area is 96.2 Å². The van der Waals surface area contributed by atoms with Crippen LogP contribution in [0.2, 0.25) is 0 Å². The summed E-state index contributed by atoms with van der Waals surface area (Å²) in [5.74, 6) is 0. The van der Waals surface area contributed by atoms with Crippen molar-refractivity contribution in [3.8, 4) is 0 Å². The van der Waals surface area contributed by atoms with Crippen LogP contribution in [0.15, 0.2) is 18.7 Å². The second-order valence-corrected chi connectivity index (χ2v) is 4.62. The molecule has 15 heavy (non-hydrogen) atoms. The van der Waals surface area contributed by atoms with Gasteiger partial charge in [0.05, 0.1) is 12.4 Å². The third-order valence-electron chi connectivity index (χ3n) is 2.65. The quantitative estimate of drug-likeness (QED) is 0.717. The zero-order chi connectivity index (χ0) is 11.1. The van der Waals surface area contributed by atoms with E-state index in [0.29, 0.717) is 11.4 Å². The van der Waals surface area contributed by atoms with Crippen LogP contribution < -0.4 is 0 Å². The van der Waals surface area contributed by atoms with E-state index < -0.39 is 0 Å². The van der Waals surface area contributed by atoms with Crippen molar-refractivity contribution in [3.63, 3.8) is 0 Å². The highest BCUT2D eigenvalue weighted by atomic mass is 32.2. The Bertz CT molecular complexity index is 247. The summed E-state index contributed by atoms with van der Waals surface area (Å²) in [6.07, 6.45) is 10.4. The van der Waals surface area contributed by atoms with Crippen LogP contribution in [0.25, 0.3) is 0 Å². The third-order valence-corrected chi connectivity index (χ3v) is 3.80. The first-order valence-electron chi connectivity index (χ1n) is 5.33. The first-order chi connectivity index (χ1) is 7.31. The molecule has 0 bridgehead atoms. The van der Waals surface area contributed by atoms with Gasteiger partial charge in [-0.25, -0.2) is 4.98 Å². The molecule has 2 unspecified atom stereocenters. The predicted molar refractivity (Wildman–Crippen MR) is 65.2 cm³/mol. The fraction of sp³-hybridized carbons (Fsp3) is 0.727. The lowest BCUT2D eigenvalue weighted by Gasteiger charge is -2.23. The number of aryl methyl sites for hydroxylation is 1. The van der Waals surface area contributed by atoms with E-state index in [1.165, 1.54) is 0 Å². The smallest absolute Gasteiger partial charge is 0.0945 e. The summed E-state index contributed by atoms with van der Waals surface area (Å²) in [5, 5.41) is 0.572. The van der Waals surface area contributed by atoms with Crippen molar-refractivity contribution >= 4 is 11.8 Å². The molecule has 0 saturated heterocycles. The Hall–Kier alpha value is -0.480. The zero-order valence-corrected chi connectivity index (χ0v) is 10.5. The van der Waals surface area contributed by atoms with E-state index in [0.717, 1.165) is 19.4 Å². The summed E-state index contributed by atoms with van der Waals surface area (Å²) in [6, 6.07) is 0. The van der Waals surface area contributed by atoms with Crippen LogP contribution in [0.5, 0.6) is 0 Å². The van der Waals surface area contributed by atoms with Gasteiger partial charge < -0.3 is 9.30 Å². The molecule has 1 aromatic rings. The Morgan fingerprint density at radius 1 is 1.53 bits per heavy atom. The second-order valence-electron chi connectivity index (χ2n) is 3.55. The standard InChI is InChI=1S/C11H20N2OS/c1-4-10(14-2)11(15-3)5-7-13-8-6-12-9-13/h6,8-11H,4-5,7H2,1-3H3. The maximum Gasteiger partial charge on any atom is 0.0945 e. The fourth-order valence-corrected chi connectivity index (χ4v) is 2.68. The van der Waals surface area contributed by atoms with Crippen LogP contribution in [-0.4, -0.2) is 34.3 Å². The molecule has 3 nitrogen and oxygen atoms in total. The highest BCUT2D eigenvalue weighted by Crippen LogP contribution is 2.20. The van der Waals surface area contributed by atoms with Crippen molar-refractivity contribution in [2.45, 2.75) is 37.7 Å². The maximum absolute atomic E-state index is 5.48. The molecule has 1 heterocycles. The molecule has 0 aliphatic carbocycles. The lowest BCUT2D eigenvalue weighted by molar-refractivity contribution is 0.0944. The summed E-state index contributed by atoms with van der Waals surface area (Å²) in [6.45, 7) is 3.19. The molecule has 0 spiro atoms. The largest absolute Gasteiger partial charge is 0.380 e. The lowest BCUT2D eigenvalue weighted by atomic mass is 10.1. The zero-order valence-electron chi connectivity index (χ0n) is 9.72. The van der Waals surface area contributed by atoms with Crippen LogP contribution >= 0.6 is 11.8 Å². The number of methoxy groups -OCH3 is 1. The summed E-state index contributed by atoms with van der Waals surface area (Å²) < 4.78 is 7.59. The van der Waals surface area contributed by atoms with Crippen molar-refractivity contribution in [1.82, 2.24) is 9.55 Å². The Morgan fingerprint density at radius 3 is 2.80 bits per heavy atom. The van der Waals surface area contributed by atoms with E-state index >= 15 is 0 Å². The number of hydrogen-bond acceptors (Lipinski definition) is 3. The highest BCUT2D eigenvalue weighted by Gasteiger charge is 2.18. The Balaban J connectivity index is 2.39. The molecule has 0 aliphatic rings. The van der Waals surface area contributed by atoms with E-state index in [1.54, 1.807) is 7.11 Å². The summed E-state index contributed by atoms with van der Waals surface area (Å²) in [5.41, 5.74) is 0. The van der Waals surface area contributed by atoms with Crippen molar-refractivity contribution in [3.05, 3.63) is 18.7 Å². The van der Waals surface area contributed by atoms with Gasteiger partial charge in [-0.2, -0.15) is 11.8 Å². The Kier molecular flexibility index (Phi) is 5.79. The minimum atomic E-state index is 0.364. The average Bonchev–Trinajstić information content (AvgIpc) is 2.77. The van der Waals surface area contributed by atoms with Gasteiger partial charge in [0.25, 0.3) is 0 Å². The summed E-state index contributed by atoms with van der Waals surface area (Å²) in [7, 11) is 1.80. The van der Waals surface area contributed by atoms with E-state index in [4.69, 9.17) is 4.74 Å². The summed E-state index contributed by atoms with van der Waals surface area (Å²) >= 11 is 1.89. The second kappa shape index (κ2) is 6.90. The van der Waals surface area contributed by atoms with Crippen LogP contribution in [-0.2, 0) is 11.3 Å². The number of hydrogen-bond donors (Lipinski definition) is 0. The van der Waals surface area contributed by atoms with Crippen LogP contribution in [0, 0.1) is 0 Å². The molecule has 0 amide bonds. The van der Waals surface area contributed by atoms with Gasteiger partial charge in [-0.1, -0.05) is 6.92 Å². The monoisotopic (exact) mass is 228 g/mol. The van der Waals surface area contributed by atoms with Crippen molar-refractivity contribution in [1.29, 1.82) is 0 Å². The molecule has 0 aromatic carbocycles. The van der Waals surface area contributed by atoms with E-state index in [1.807, 2.05) is 30.5 Å². The first kappa shape index (κ1) is 12.6. The number of rotatable bonds is 7. The van der Waals surface area contributed by atoms with Gasteiger partial charge in [-0.05, 0) is 19.1 Å². The molecule has 0 fully saturated rings. The van der Waals surface area contributed by atoms with Crippen LogP contribution in [0.3, 0.4) is 0 Å². The predicted octanol–water partition coefficient (Wildman–Crippen LogP) is 2.43. The van der Waals surface area contributed by atoms with Crippen LogP contribution in [0.1, 0.15) is 19.8 Å². The average molecular weight is 228 g/mol. The molecule has 1 aromatic heterocycles. The number of nitrogens with zero attached hydrogens (tertiary/aromatic N) is 2. The van der Waals surface area contributed by atoms with Gasteiger partial charge >= 0.3 is 0 Å². The molecular weight excluding hydrogens is 208 g/mol. The normalized spacial score (nSPS) is 15.1. The van der Waals surface area contributed by atoms with Crippen molar-refractivity contribution in [2.75, 3.05) is 13.4 Å². The van der Waals surface area contributed by atoms with Crippen molar-refractivity contribution in [2.24, 2.45) is 0 Å². The maximum atomic E-state index is 5.48. The molecule has 0 N–H and O–H groups in total. The van der Waals surface area contributed by atoms with Gasteiger partial charge in [-0.3, -0.25) is 0 Å². The minimum absolute atomic E-state index is 0.364. The van der Waals surface area contributed by atoms with Gasteiger partial charge in [0.2, 0.25) is 0 Å². The van der Waals surface area contributed by atoms with E-state index in [9.17, 15) is 0 Å². The molecule has 4 heteroatoms. The molecule has 86 valence electrons. The highest BCUT2D eigenvalue weighted by molar-refractivity contribution is 7.99. The first-order valence-corrected chi connectivity index (χ1v) is 6.62. The molecule has 2 atom stereocenters. The topological polar surface area (TPSA) is 27.1 Å². The number of aromatic nitrogens is 2. The molecule has 0 aliphatic heterocycles. The molecule has 0 saturated carbocycles. The molecule has 1 rings (SSSR count). The third kappa shape index (κ3) is 3.87. The van der Waals surface area contributed by atoms with Crippen LogP contribution in [0.4, 0.5) is 0 Å².